The molecule has 0 radical (unpaired) electrons. The number of nitrogens with one attached hydrogen (secondary N) is 1. The molecular formula is C24H33NO4. The molecule has 1 saturated carbocycles. The summed E-state index contributed by atoms with van der Waals surface area (Å²) in [6, 6.07) is -1.00. The maximum Gasteiger partial charge on any atom is 0.238 e. The Labute approximate surface area is 173 Å². The van der Waals surface area contributed by atoms with Crippen molar-refractivity contribution in [2.45, 2.75) is 59.1 Å². The molecule has 8 atom stereocenters. The number of rotatable bonds is 5. The molecule has 158 valence electrons. The van der Waals surface area contributed by atoms with Gasteiger partial charge < -0.3 is 10.4 Å². The monoisotopic (exact) mass is 399 g/mol. The van der Waals surface area contributed by atoms with Crippen molar-refractivity contribution in [2.75, 3.05) is 0 Å². The van der Waals surface area contributed by atoms with Gasteiger partial charge >= 0.3 is 0 Å². The van der Waals surface area contributed by atoms with Crippen LogP contribution >= 0.6 is 0 Å². The molecule has 1 amide bonds. The van der Waals surface area contributed by atoms with Crippen molar-refractivity contribution in [2.24, 2.45) is 35.0 Å². The van der Waals surface area contributed by atoms with E-state index in [2.05, 4.69) is 24.4 Å². The fourth-order valence-corrected chi connectivity index (χ4v) is 5.53. The first-order chi connectivity index (χ1) is 13.7. The van der Waals surface area contributed by atoms with Gasteiger partial charge in [0.25, 0.3) is 0 Å². The number of Topliss-reactive ketones (excluding diaryl/α,β-unsaturated/α-hetero) is 2. The molecule has 2 aliphatic carbocycles. The normalized spacial score (nSPS) is 41.0. The zero-order valence-corrected chi connectivity index (χ0v) is 17.8. The van der Waals surface area contributed by atoms with E-state index >= 15 is 0 Å². The van der Waals surface area contributed by atoms with E-state index in [0.29, 0.717) is 5.92 Å². The largest absolute Gasteiger partial charge is 0.391 e. The lowest BCUT2D eigenvalue weighted by Gasteiger charge is -2.50. The summed E-state index contributed by atoms with van der Waals surface area (Å²) in [6.07, 6.45) is 14.1. The van der Waals surface area contributed by atoms with Crippen LogP contribution in [-0.2, 0) is 14.4 Å². The fourth-order valence-electron chi connectivity index (χ4n) is 5.53. The predicted molar refractivity (Wildman–Crippen MR) is 112 cm³/mol. The number of carbonyl (C=O) groups excluding carboxylic acids is 3. The van der Waals surface area contributed by atoms with Crippen LogP contribution in [0, 0.1) is 35.0 Å². The minimum absolute atomic E-state index is 0.0997. The Bertz CT molecular complexity index is 765. The molecule has 2 fully saturated rings. The van der Waals surface area contributed by atoms with Gasteiger partial charge in [-0.15, -0.1) is 0 Å². The van der Waals surface area contributed by atoms with Gasteiger partial charge in [0, 0.05) is 11.3 Å². The lowest BCUT2D eigenvalue weighted by molar-refractivity contribution is -0.147. The summed E-state index contributed by atoms with van der Waals surface area (Å²) in [5.74, 6) is -1.88. The van der Waals surface area contributed by atoms with E-state index in [0.717, 1.165) is 19.3 Å². The topological polar surface area (TPSA) is 83.5 Å². The van der Waals surface area contributed by atoms with Crippen LogP contribution in [0.3, 0.4) is 0 Å². The molecule has 3 aliphatic rings. The highest BCUT2D eigenvalue weighted by Gasteiger charge is 2.58. The highest BCUT2D eigenvalue weighted by atomic mass is 16.3. The van der Waals surface area contributed by atoms with Gasteiger partial charge in [-0.2, -0.15) is 0 Å². The predicted octanol–water partition coefficient (Wildman–Crippen LogP) is 3.00. The second kappa shape index (κ2) is 8.39. The molecule has 1 aliphatic heterocycles. The first-order valence-corrected chi connectivity index (χ1v) is 10.8. The average molecular weight is 400 g/mol. The highest BCUT2D eigenvalue weighted by molar-refractivity contribution is 6.25. The average Bonchev–Trinajstić information content (AvgIpc) is 2.97. The first kappa shape index (κ1) is 21.7. The number of allylic oxidation sites excluding steroid dienone is 6. The summed E-state index contributed by atoms with van der Waals surface area (Å²) in [6.45, 7) is 7.57. The van der Waals surface area contributed by atoms with Crippen molar-refractivity contribution in [3.63, 3.8) is 0 Å². The number of ketones is 2. The van der Waals surface area contributed by atoms with E-state index in [1.54, 1.807) is 0 Å². The van der Waals surface area contributed by atoms with Crippen molar-refractivity contribution >= 4 is 17.5 Å². The molecule has 0 aromatic heterocycles. The van der Waals surface area contributed by atoms with Crippen molar-refractivity contribution < 1.29 is 19.5 Å². The summed E-state index contributed by atoms with van der Waals surface area (Å²) in [4.78, 5) is 39.3. The van der Waals surface area contributed by atoms with Gasteiger partial charge in [-0.05, 0) is 44.4 Å². The number of aliphatic hydroxyl groups is 1. The molecule has 1 heterocycles. The minimum atomic E-state index is -1.33. The number of carbonyl (C=O) groups is 3. The lowest BCUT2D eigenvalue weighted by atomic mass is 9.52. The molecule has 3 rings (SSSR count). The summed E-state index contributed by atoms with van der Waals surface area (Å²) < 4.78 is 0. The zero-order valence-electron chi connectivity index (χ0n) is 17.8. The second-order valence-corrected chi connectivity index (χ2v) is 9.22. The number of fused-ring (bicyclic) bond motifs is 1. The standard InChI is InChI=1S/C24H33NO4/c1-5-6-7-8-17-11-10-16-13-14(2)9-12-18(16)24(17,4)22(28)19-21(27)20(15(3)26)25-23(19)29/h5-8,10-11,14-20,26H,9,12-13H2,1-4H3,(H,25,29)/b6-5+,8-7+. The molecule has 0 bridgehead atoms. The Kier molecular flexibility index (Phi) is 6.27. The summed E-state index contributed by atoms with van der Waals surface area (Å²) in [7, 11) is 0. The van der Waals surface area contributed by atoms with E-state index < -0.39 is 35.2 Å². The smallest absolute Gasteiger partial charge is 0.238 e. The summed E-state index contributed by atoms with van der Waals surface area (Å²) >= 11 is 0. The van der Waals surface area contributed by atoms with Crippen LogP contribution in [0.4, 0.5) is 0 Å². The molecule has 2 N–H and O–H groups in total. The molecule has 0 aromatic carbocycles. The van der Waals surface area contributed by atoms with E-state index in [9.17, 15) is 19.5 Å². The number of hydrogen-bond donors (Lipinski definition) is 2. The Hall–Kier alpha value is -2.01. The van der Waals surface area contributed by atoms with Crippen LogP contribution in [0.2, 0.25) is 0 Å². The van der Waals surface area contributed by atoms with Gasteiger partial charge in [0.15, 0.2) is 17.5 Å². The van der Waals surface area contributed by atoms with Crippen LogP contribution in [0.15, 0.2) is 36.5 Å². The van der Waals surface area contributed by atoms with Crippen molar-refractivity contribution in [3.05, 3.63) is 36.5 Å². The molecular weight excluding hydrogens is 366 g/mol. The second-order valence-electron chi connectivity index (χ2n) is 9.22. The fraction of sp³-hybridized carbons (Fsp3) is 0.625. The molecule has 0 spiro atoms. The van der Waals surface area contributed by atoms with Crippen LogP contribution in [0.5, 0.6) is 0 Å². The van der Waals surface area contributed by atoms with Gasteiger partial charge in [0.05, 0.1) is 6.10 Å². The third-order valence-electron chi connectivity index (χ3n) is 7.24. The van der Waals surface area contributed by atoms with Crippen molar-refractivity contribution in [1.82, 2.24) is 5.32 Å². The number of amides is 1. The van der Waals surface area contributed by atoms with Gasteiger partial charge in [-0.25, -0.2) is 0 Å². The van der Waals surface area contributed by atoms with E-state index in [1.807, 2.05) is 38.2 Å². The number of aliphatic hydroxyl groups excluding tert-OH is 1. The Morgan fingerprint density at radius 3 is 2.62 bits per heavy atom. The van der Waals surface area contributed by atoms with Gasteiger partial charge in [-0.3, -0.25) is 14.4 Å². The highest BCUT2D eigenvalue weighted by Crippen LogP contribution is 2.54. The molecule has 8 unspecified atom stereocenters. The SMILES string of the molecule is C/C=C/C=C/C1C=CC2CC(C)CCC2C1(C)C(=O)C1C(=O)NC(C(C)O)C1=O. The van der Waals surface area contributed by atoms with Gasteiger partial charge in [0.1, 0.15) is 6.04 Å². The molecule has 5 nitrogen and oxygen atoms in total. The van der Waals surface area contributed by atoms with E-state index in [4.69, 9.17) is 0 Å². The third kappa shape index (κ3) is 3.77. The molecule has 29 heavy (non-hydrogen) atoms. The maximum atomic E-state index is 13.8. The first-order valence-electron chi connectivity index (χ1n) is 10.8. The summed E-state index contributed by atoms with van der Waals surface area (Å²) in [5, 5.41) is 12.4. The van der Waals surface area contributed by atoms with E-state index in [-0.39, 0.29) is 23.5 Å². The Morgan fingerprint density at radius 2 is 2.00 bits per heavy atom. The van der Waals surface area contributed by atoms with Gasteiger partial charge in [-0.1, -0.05) is 56.7 Å². The minimum Gasteiger partial charge on any atom is -0.391 e. The molecule has 0 aromatic rings. The van der Waals surface area contributed by atoms with Crippen LogP contribution in [0.1, 0.15) is 47.0 Å². The van der Waals surface area contributed by atoms with Crippen LogP contribution in [-0.4, -0.2) is 34.7 Å². The summed E-state index contributed by atoms with van der Waals surface area (Å²) in [5.41, 5.74) is -0.830. The maximum absolute atomic E-state index is 13.8. The quantitative estimate of drug-likeness (QED) is 0.423. The van der Waals surface area contributed by atoms with Crippen LogP contribution < -0.4 is 5.32 Å². The van der Waals surface area contributed by atoms with Gasteiger partial charge in [0.2, 0.25) is 5.91 Å². The Balaban J connectivity index is 2.00. The molecule has 1 saturated heterocycles. The van der Waals surface area contributed by atoms with Crippen molar-refractivity contribution in [1.29, 1.82) is 0 Å². The van der Waals surface area contributed by atoms with Crippen molar-refractivity contribution in [3.8, 4) is 0 Å². The lowest BCUT2D eigenvalue weighted by Crippen LogP contribution is -2.52. The third-order valence-corrected chi connectivity index (χ3v) is 7.24. The zero-order chi connectivity index (χ0) is 21.3. The Morgan fingerprint density at radius 1 is 1.28 bits per heavy atom. The number of hydrogen-bond acceptors (Lipinski definition) is 4. The van der Waals surface area contributed by atoms with E-state index in [1.165, 1.54) is 6.92 Å². The van der Waals surface area contributed by atoms with Crippen LogP contribution in [0.25, 0.3) is 0 Å². The molecule has 5 heteroatoms.